The Morgan fingerprint density at radius 2 is 1.10 bits per heavy atom. The van der Waals surface area contributed by atoms with Crippen molar-refractivity contribution in [3.8, 4) is 0 Å². The molecular formula is C20H15N. The Kier molecular flexibility index (Phi) is 2.65. The molecule has 4 rings (SSSR count). The third kappa shape index (κ3) is 1.78. The summed E-state index contributed by atoms with van der Waals surface area (Å²) in [5.41, 5.74) is 4.55. The number of aromatic nitrogens is 1. The highest BCUT2D eigenvalue weighted by molar-refractivity contribution is 6.10. The van der Waals surface area contributed by atoms with Crippen molar-refractivity contribution in [2.75, 3.05) is 0 Å². The predicted octanol–water partition coefficient (Wildman–Crippen LogP) is 5.31. The van der Waals surface area contributed by atoms with Crippen molar-refractivity contribution in [1.82, 2.24) is 4.57 Å². The molecule has 0 unspecified atom stereocenters. The number of hydrogen-bond acceptors (Lipinski definition) is 0. The Balaban J connectivity index is 2.09. The van der Waals surface area contributed by atoms with Crippen LogP contribution in [-0.2, 0) is 0 Å². The number of hydrogen-bond donors (Lipinski definition) is 0. The zero-order valence-electron chi connectivity index (χ0n) is 11.7. The maximum absolute atomic E-state index is 4.33. The summed E-state index contributed by atoms with van der Waals surface area (Å²) in [4.78, 5) is 0. The topological polar surface area (TPSA) is 4.93 Å². The van der Waals surface area contributed by atoms with E-state index < -0.39 is 0 Å². The summed E-state index contributed by atoms with van der Waals surface area (Å²) < 4.78 is 2.25. The molecule has 0 saturated carbocycles. The van der Waals surface area contributed by atoms with Gasteiger partial charge in [0.15, 0.2) is 0 Å². The van der Waals surface area contributed by atoms with E-state index in [9.17, 15) is 0 Å². The summed E-state index contributed by atoms with van der Waals surface area (Å²) in [5, 5.41) is 2.54. The first-order valence-electron chi connectivity index (χ1n) is 7.09. The second-order valence-electron chi connectivity index (χ2n) is 5.18. The number of fused-ring (bicyclic) bond motifs is 3. The highest BCUT2D eigenvalue weighted by atomic mass is 15.0. The van der Waals surface area contributed by atoms with E-state index in [1.165, 1.54) is 21.8 Å². The molecule has 100 valence electrons. The molecule has 0 aliphatic rings. The molecule has 0 atom stereocenters. The molecule has 1 heteroatoms. The van der Waals surface area contributed by atoms with Gasteiger partial charge in [0.1, 0.15) is 0 Å². The first-order chi connectivity index (χ1) is 10.4. The molecule has 21 heavy (non-hydrogen) atoms. The van der Waals surface area contributed by atoms with Crippen LogP contribution in [0.3, 0.4) is 0 Å². The summed E-state index contributed by atoms with van der Waals surface area (Å²) >= 11 is 0. The summed E-state index contributed by atoms with van der Waals surface area (Å²) in [6.45, 7) is 4.33. The minimum atomic E-state index is 1.01. The number of nitrogens with zero attached hydrogens (tertiary/aromatic N) is 1. The Labute approximate surface area is 123 Å². The van der Waals surface area contributed by atoms with E-state index in [0.29, 0.717) is 0 Å². The number of para-hydroxylation sites is 2. The normalized spacial score (nSPS) is 11.0. The van der Waals surface area contributed by atoms with Gasteiger partial charge in [0.05, 0.1) is 11.0 Å². The third-order valence-electron chi connectivity index (χ3n) is 3.96. The van der Waals surface area contributed by atoms with Crippen LogP contribution in [0.1, 0.15) is 5.56 Å². The molecule has 0 amide bonds. The lowest BCUT2D eigenvalue weighted by Gasteiger charge is -2.11. The van der Waals surface area contributed by atoms with Gasteiger partial charge in [-0.3, -0.25) is 0 Å². The Bertz CT molecular complexity index is 892. The maximum Gasteiger partial charge on any atom is 0.0541 e. The van der Waals surface area contributed by atoms with Gasteiger partial charge in [-0.1, -0.05) is 73.3 Å². The molecule has 0 fully saturated rings. The van der Waals surface area contributed by atoms with Crippen molar-refractivity contribution in [2.45, 2.75) is 0 Å². The van der Waals surface area contributed by atoms with Gasteiger partial charge in [0.2, 0.25) is 0 Å². The van der Waals surface area contributed by atoms with Gasteiger partial charge < -0.3 is 4.57 Å². The second kappa shape index (κ2) is 4.64. The predicted molar refractivity (Wildman–Crippen MR) is 90.3 cm³/mol. The van der Waals surface area contributed by atoms with E-state index in [1.54, 1.807) is 0 Å². The lowest BCUT2D eigenvalue weighted by molar-refractivity contribution is 1.22. The summed E-state index contributed by atoms with van der Waals surface area (Å²) in [6, 6.07) is 27.3. The molecule has 0 N–H and O–H groups in total. The molecule has 0 aliphatic heterocycles. The van der Waals surface area contributed by atoms with Crippen LogP contribution in [0.15, 0.2) is 85.4 Å². The van der Waals surface area contributed by atoms with E-state index in [4.69, 9.17) is 0 Å². The smallest absolute Gasteiger partial charge is 0.0541 e. The molecule has 1 nitrogen and oxygen atoms in total. The fourth-order valence-electron chi connectivity index (χ4n) is 2.97. The van der Waals surface area contributed by atoms with Gasteiger partial charge >= 0.3 is 0 Å². The van der Waals surface area contributed by atoms with Crippen LogP contribution >= 0.6 is 0 Å². The van der Waals surface area contributed by atoms with Crippen molar-refractivity contribution in [1.29, 1.82) is 0 Å². The van der Waals surface area contributed by atoms with Crippen LogP contribution in [-0.4, -0.2) is 4.57 Å². The first-order valence-corrected chi connectivity index (χ1v) is 7.09. The third-order valence-corrected chi connectivity index (χ3v) is 3.96. The Morgan fingerprint density at radius 1 is 0.619 bits per heavy atom. The molecule has 1 heterocycles. The molecule has 0 spiro atoms. The lowest BCUT2D eigenvalue weighted by atomic mass is 10.1. The SMILES string of the molecule is C=C(c1ccccc1)n1c2ccccc2c2ccccc21. The quantitative estimate of drug-likeness (QED) is 0.464. The van der Waals surface area contributed by atoms with Crippen LogP contribution in [0.5, 0.6) is 0 Å². The number of benzene rings is 3. The van der Waals surface area contributed by atoms with Crippen LogP contribution in [0.4, 0.5) is 0 Å². The fraction of sp³-hybridized carbons (Fsp3) is 0. The molecule has 0 bridgehead atoms. The molecule has 0 aliphatic carbocycles. The highest BCUT2D eigenvalue weighted by Crippen LogP contribution is 2.32. The van der Waals surface area contributed by atoms with Gasteiger partial charge in [-0.2, -0.15) is 0 Å². The summed E-state index contributed by atoms with van der Waals surface area (Å²) in [5.74, 6) is 0. The summed E-state index contributed by atoms with van der Waals surface area (Å²) in [6.07, 6.45) is 0. The van der Waals surface area contributed by atoms with Gasteiger partial charge in [0.25, 0.3) is 0 Å². The van der Waals surface area contributed by atoms with Crippen molar-refractivity contribution < 1.29 is 0 Å². The average Bonchev–Trinajstić information content (AvgIpc) is 2.90. The van der Waals surface area contributed by atoms with Crippen LogP contribution in [0.25, 0.3) is 27.5 Å². The Morgan fingerprint density at radius 3 is 1.67 bits per heavy atom. The van der Waals surface area contributed by atoms with E-state index >= 15 is 0 Å². The standard InChI is InChI=1S/C20H15N/c1-15(16-9-3-2-4-10-16)21-19-13-7-5-11-17(19)18-12-6-8-14-20(18)21/h2-14H,1H2. The van der Waals surface area contributed by atoms with E-state index in [-0.39, 0.29) is 0 Å². The lowest BCUT2D eigenvalue weighted by Crippen LogP contribution is -1.96. The fourth-order valence-corrected chi connectivity index (χ4v) is 2.97. The van der Waals surface area contributed by atoms with Crippen LogP contribution in [0, 0.1) is 0 Å². The van der Waals surface area contributed by atoms with Crippen LogP contribution < -0.4 is 0 Å². The largest absolute Gasteiger partial charge is 0.309 e. The second-order valence-corrected chi connectivity index (χ2v) is 5.18. The minimum Gasteiger partial charge on any atom is -0.309 e. The van der Waals surface area contributed by atoms with Gasteiger partial charge in [-0.05, 0) is 17.7 Å². The molecule has 1 aromatic heterocycles. The van der Waals surface area contributed by atoms with Gasteiger partial charge in [-0.15, -0.1) is 0 Å². The Hall–Kier alpha value is -2.80. The maximum atomic E-state index is 4.33. The monoisotopic (exact) mass is 269 g/mol. The zero-order chi connectivity index (χ0) is 14.2. The molecule has 0 saturated heterocycles. The van der Waals surface area contributed by atoms with E-state index in [2.05, 4.69) is 71.8 Å². The summed E-state index contributed by atoms with van der Waals surface area (Å²) in [7, 11) is 0. The molecule has 4 aromatic rings. The van der Waals surface area contributed by atoms with Crippen molar-refractivity contribution in [3.63, 3.8) is 0 Å². The van der Waals surface area contributed by atoms with Gasteiger partial charge in [-0.25, -0.2) is 0 Å². The van der Waals surface area contributed by atoms with Crippen molar-refractivity contribution >= 4 is 27.5 Å². The molecular weight excluding hydrogens is 254 g/mol. The average molecular weight is 269 g/mol. The van der Waals surface area contributed by atoms with E-state index in [1.807, 2.05) is 18.2 Å². The molecule has 0 radical (unpaired) electrons. The zero-order valence-corrected chi connectivity index (χ0v) is 11.7. The van der Waals surface area contributed by atoms with Gasteiger partial charge in [0, 0.05) is 16.5 Å². The highest BCUT2D eigenvalue weighted by Gasteiger charge is 2.12. The van der Waals surface area contributed by atoms with Crippen LogP contribution in [0.2, 0.25) is 0 Å². The molecule has 3 aromatic carbocycles. The number of rotatable bonds is 2. The van der Waals surface area contributed by atoms with E-state index in [0.717, 1.165) is 11.3 Å². The van der Waals surface area contributed by atoms with Crippen molar-refractivity contribution in [2.24, 2.45) is 0 Å². The first kappa shape index (κ1) is 12.0. The van der Waals surface area contributed by atoms with Crippen molar-refractivity contribution in [3.05, 3.63) is 91.0 Å². The minimum absolute atomic E-state index is 1.01.